The van der Waals surface area contributed by atoms with Gasteiger partial charge in [-0.1, -0.05) is 5.56 Å². The molecule has 0 saturated carbocycles. The molecule has 0 fully saturated rings. The van der Waals surface area contributed by atoms with E-state index in [1.165, 1.54) is 13.2 Å². The molecule has 6 heteroatoms. The smallest absolute Gasteiger partial charge is 1.00 e. The molecule has 0 aliphatic rings. The average Bonchev–Trinajstić information content (AvgIpc) is 2.03. The van der Waals surface area contributed by atoms with Crippen molar-refractivity contribution < 1.29 is 34.9 Å². The van der Waals surface area contributed by atoms with Crippen LogP contribution < -0.4 is 21.7 Å². The summed E-state index contributed by atoms with van der Waals surface area (Å²) in [7, 11) is 1.39. The predicted octanol–water partition coefficient (Wildman–Crippen LogP) is -0.863. The van der Waals surface area contributed by atoms with Gasteiger partial charge in [-0.25, -0.2) is 0 Å². The summed E-state index contributed by atoms with van der Waals surface area (Å²) < 4.78 is 40.5. The Morgan fingerprint density at radius 1 is 1.29 bits per heavy atom. The van der Waals surface area contributed by atoms with Crippen LogP contribution in [0.4, 0.5) is 13.2 Å². The van der Waals surface area contributed by atoms with Gasteiger partial charge in [0.1, 0.15) is 0 Å². The van der Waals surface area contributed by atoms with Crippen LogP contribution in [0.3, 0.4) is 0 Å². The summed E-state index contributed by atoms with van der Waals surface area (Å²) >= 11 is 0. The molecule has 1 nitrogen and oxygen atoms in total. The Morgan fingerprint density at radius 2 is 1.86 bits per heavy atom. The van der Waals surface area contributed by atoms with E-state index in [0.717, 1.165) is 12.1 Å². The van der Waals surface area contributed by atoms with Crippen molar-refractivity contribution >= 4 is 23.1 Å². The second kappa shape index (κ2) is 6.52. The standard InChI is InChI=1S/C8H6F3O.BrH.Mg/c1-12-7-4-2-6(3-5-7)8(9,10)11;;/h2,4-5H,1H3;1H;/q-1;;+2/p-1. The molecular formula is C8H6BrF3MgO. The summed E-state index contributed by atoms with van der Waals surface area (Å²) in [4.78, 5) is 0. The Bertz CT molecular complexity index is 260. The van der Waals surface area contributed by atoms with Crippen LogP contribution in [0.5, 0.6) is 5.75 Å². The summed E-state index contributed by atoms with van der Waals surface area (Å²) in [6.45, 7) is 0. The molecule has 14 heavy (non-hydrogen) atoms. The molecule has 0 saturated heterocycles. The van der Waals surface area contributed by atoms with Crippen molar-refractivity contribution in [3.63, 3.8) is 0 Å². The molecule has 0 aromatic heterocycles. The first-order chi connectivity index (χ1) is 5.54. The zero-order chi connectivity index (χ0) is 9.19. The molecule has 0 heterocycles. The average molecular weight is 279 g/mol. The number of methoxy groups -OCH3 is 1. The van der Waals surface area contributed by atoms with E-state index in [0.29, 0.717) is 5.75 Å². The molecule has 0 spiro atoms. The number of hydrogen-bond acceptors (Lipinski definition) is 1. The zero-order valence-corrected chi connectivity index (χ0v) is 10.4. The van der Waals surface area contributed by atoms with Crippen LogP contribution in [0.25, 0.3) is 0 Å². The van der Waals surface area contributed by atoms with E-state index in [2.05, 4.69) is 10.8 Å². The third-order valence-electron chi connectivity index (χ3n) is 1.33. The van der Waals surface area contributed by atoms with E-state index >= 15 is 0 Å². The molecular weight excluding hydrogens is 273 g/mol. The van der Waals surface area contributed by atoms with Gasteiger partial charge in [-0.2, -0.15) is 25.3 Å². The number of alkyl halides is 3. The molecule has 0 aliphatic carbocycles. The van der Waals surface area contributed by atoms with Crippen molar-refractivity contribution in [3.05, 3.63) is 29.8 Å². The molecule has 0 bridgehead atoms. The Labute approximate surface area is 107 Å². The van der Waals surface area contributed by atoms with Crippen molar-refractivity contribution in [1.29, 1.82) is 0 Å². The fraction of sp³-hybridized carbons (Fsp3) is 0.250. The van der Waals surface area contributed by atoms with E-state index in [9.17, 15) is 13.2 Å². The number of ether oxygens (including phenoxy) is 1. The third-order valence-corrected chi connectivity index (χ3v) is 1.33. The second-order valence-corrected chi connectivity index (χ2v) is 2.14. The molecule has 0 atom stereocenters. The van der Waals surface area contributed by atoms with E-state index < -0.39 is 11.7 Å². The first kappa shape index (κ1) is 16.5. The van der Waals surface area contributed by atoms with Crippen LogP contribution in [-0.2, 0) is 6.18 Å². The molecule has 1 rings (SSSR count). The summed E-state index contributed by atoms with van der Waals surface area (Å²) in [6, 6.07) is 5.41. The van der Waals surface area contributed by atoms with Crippen molar-refractivity contribution in [2.45, 2.75) is 6.18 Å². The maximum absolute atomic E-state index is 12.0. The van der Waals surface area contributed by atoms with E-state index in [4.69, 9.17) is 0 Å². The van der Waals surface area contributed by atoms with Crippen molar-refractivity contribution in [2.75, 3.05) is 7.11 Å². The van der Waals surface area contributed by atoms with Gasteiger partial charge in [0.05, 0.1) is 7.11 Å². The summed E-state index contributed by atoms with van der Waals surface area (Å²) in [5, 5.41) is 0. The summed E-state index contributed by atoms with van der Waals surface area (Å²) in [5.41, 5.74) is -0.789. The Balaban J connectivity index is 0. The minimum absolute atomic E-state index is 0. The molecule has 0 unspecified atom stereocenters. The molecule has 74 valence electrons. The molecule has 0 radical (unpaired) electrons. The van der Waals surface area contributed by atoms with Crippen LogP contribution in [0.2, 0.25) is 0 Å². The van der Waals surface area contributed by atoms with E-state index in [-0.39, 0.29) is 40.0 Å². The van der Waals surface area contributed by atoms with Gasteiger partial charge in [-0.05, 0) is 0 Å². The fourth-order valence-corrected chi connectivity index (χ4v) is 0.714. The Hall–Kier alpha value is 0.0562. The molecule has 0 aliphatic heterocycles. The topological polar surface area (TPSA) is 9.23 Å². The van der Waals surface area contributed by atoms with Crippen molar-refractivity contribution in [2.24, 2.45) is 0 Å². The maximum Gasteiger partial charge on any atom is 2.00 e. The first-order valence-electron chi connectivity index (χ1n) is 3.17. The van der Waals surface area contributed by atoms with E-state index in [1.54, 1.807) is 0 Å². The van der Waals surface area contributed by atoms with Crippen LogP contribution >= 0.6 is 0 Å². The molecule has 0 amide bonds. The Morgan fingerprint density at radius 3 is 2.14 bits per heavy atom. The predicted molar refractivity (Wildman–Crippen MR) is 42.6 cm³/mol. The van der Waals surface area contributed by atoms with Gasteiger partial charge in [0.2, 0.25) is 0 Å². The van der Waals surface area contributed by atoms with Gasteiger partial charge in [0, 0.05) is 5.75 Å². The van der Waals surface area contributed by atoms with Crippen molar-refractivity contribution in [3.8, 4) is 5.75 Å². The number of benzene rings is 1. The fourth-order valence-electron chi connectivity index (χ4n) is 0.714. The normalized spacial score (nSPS) is 9.71. The van der Waals surface area contributed by atoms with Crippen LogP contribution in [0.15, 0.2) is 18.2 Å². The largest absolute Gasteiger partial charge is 2.00 e. The van der Waals surface area contributed by atoms with Gasteiger partial charge >= 0.3 is 29.2 Å². The van der Waals surface area contributed by atoms with Crippen LogP contribution in [0, 0.1) is 6.07 Å². The number of hydrogen-bond donors (Lipinski definition) is 0. The molecule has 1 aromatic carbocycles. The maximum atomic E-state index is 12.0. The van der Waals surface area contributed by atoms with Gasteiger partial charge in [-0.15, -0.1) is 12.1 Å². The van der Waals surface area contributed by atoms with Gasteiger partial charge < -0.3 is 21.7 Å². The minimum Gasteiger partial charge on any atom is -1.00 e. The van der Waals surface area contributed by atoms with Gasteiger partial charge in [0.15, 0.2) is 0 Å². The van der Waals surface area contributed by atoms with Crippen LogP contribution in [-0.4, -0.2) is 30.2 Å². The van der Waals surface area contributed by atoms with Gasteiger partial charge in [0.25, 0.3) is 0 Å². The second-order valence-electron chi connectivity index (χ2n) is 2.14. The minimum atomic E-state index is -4.33. The third kappa shape index (κ3) is 4.52. The monoisotopic (exact) mass is 278 g/mol. The molecule has 1 aromatic rings. The summed E-state index contributed by atoms with van der Waals surface area (Å²) in [6.07, 6.45) is -4.33. The quantitative estimate of drug-likeness (QED) is 0.480. The first-order valence-corrected chi connectivity index (χ1v) is 3.17. The molecule has 0 N–H and O–H groups in total. The van der Waals surface area contributed by atoms with Crippen molar-refractivity contribution in [1.82, 2.24) is 0 Å². The van der Waals surface area contributed by atoms with E-state index in [1.807, 2.05) is 0 Å². The van der Waals surface area contributed by atoms with Crippen LogP contribution in [0.1, 0.15) is 5.56 Å². The Kier molecular flexibility index (Phi) is 7.68. The summed E-state index contributed by atoms with van der Waals surface area (Å²) in [5.74, 6) is 0.364. The van der Waals surface area contributed by atoms with Gasteiger partial charge in [-0.3, -0.25) is 0 Å². The number of rotatable bonds is 1. The SMILES string of the molecule is COc1c[c-]c(C(F)(F)F)cc1.[Br-].[Mg+2]. The zero-order valence-electron chi connectivity index (χ0n) is 7.36. The number of halogens is 4.